The molecule has 6 nitrogen and oxygen atoms in total. The molecule has 1 atom stereocenters. The Hall–Kier alpha value is -1.40. The standard InChI is InChI=1S/C13H22N4O2/c1-4-14-10-7-12(16-11(15-10)8-19-3)17-6-5-13(2,18)9-17/h7,18H,4-6,8-9H2,1-3H3,(H,14,15,16). The molecule has 1 saturated heterocycles. The Kier molecular flexibility index (Phi) is 4.21. The molecule has 0 radical (unpaired) electrons. The summed E-state index contributed by atoms with van der Waals surface area (Å²) in [5.41, 5.74) is -0.634. The quantitative estimate of drug-likeness (QED) is 0.829. The third-order valence-corrected chi connectivity index (χ3v) is 3.17. The van der Waals surface area contributed by atoms with E-state index in [4.69, 9.17) is 4.74 Å². The van der Waals surface area contributed by atoms with Crippen molar-refractivity contribution in [2.24, 2.45) is 0 Å². The van der Waals surface area contributed by atoms with Gasteiger partial charge in [0.2, 0.25) is 0 Å². The normalized spacial score (nSPS) is 22.8. The van der Waals surface area contributed by atoms with Gasteiger partial charge in [-0.2, -0.15) is 0 Å². The molecular weight excluding hydrogens is 244 g/mol. The molecule has 1 aliphatic rings. The number of ether oxygens (including phenoxy) is 1. The van der Waals surface area contributed by atoms with Crippen molar-refractivity contribution < 1.29 is 9.84 Å². The summed E-state index contributed by atoms with van der Waals surface area (Å²) in [6.45, 7) is 6.48. The predicted molar refractivity (Wildman–Crippen MR) is 74.4 cm³/mol. The smallest absolute Gasteiger partial charge is 0.158 e. The van der Waals surface area contributed by atoms with Gasteiger partial charge in [0.05, 0.1) is 5.60 Å². The van der Waals surface area contributed by atoms with Gasteiger partial charge in [0, 0.05) is 32.8 Å². The van der Waals surface area contributed by atoms with Gasteiger partial charge in [0.15, 0.2) is 5.82 Å². The Morgan fingerprint density at radius 1 is 1.53 bits per heavy atom. The van der Waals surface area contributed by atoms with Crippen LogP contribution in [-0.4, -0.2) is 47.4 Å². The summed E-state index contributed by atoms with van der Waals surface area (Å²) in [7, 11) is 1.63. The summed E-state index contributed by atoms with van der Waals surface area (Å²) in [5.74, 6) is 2.30. The molecule has 0 aliphatic carbocycles. The maximum atomic E-state index is 10.0. The van der Waals surface area contributed by atoms with E-state index >= 15 is 0 Å². The van der Waals surface area contributed by atoms with Crippen LogP contribution in [-0.2, 0) is 11.3 Å². The number of hydrogen-bond acceptors (Lipinski definition) is 6. The van der Waals surface area contributed by atoms with Crippen LogP contribution in [0.15, 0.2) is 6.07 Å². The molecule has 0 aromatic carbocycles. The van der Waals surface area contributed by atoms with E-state index < -0.39 is 5.60 Å². The van der Waals surface area contributed by atoms with Gasteiger partial charge in [-0.1, -0.05) is 0 Å². The van der Waals surface area contributed by atoms with Gasteiger partial charge in [-0.3, -0.25) is 0 Å². The molecule has 106 valence electrons. The van der Waals surface area contributed by atoms with Crippen LogP contribution in [0, 0.1) is 0 Å². The van der Waals surface area contributed by atoms with Crippen LogP contribution >= 0.6 is 0 Å². The van der Waals surface area contributed by atoms with Gasteiger partial charge in [-0.05, 0) is 20.3 Å². The lowest BCUT2D eigenvalue weighted by atomic mass is 10.1. The van der Waals surface area contributed by atoms with E-state index in [1.54, 1.807) is 7.11 Å². The molecule has 6 heteroatoms. The van der Waals surface area contributed by atoms with Crippen molar-refractivity contribution in [3.05, 3.63) is 11.9 Å². The first-order chi connectivity index (χ1) is 9.04. The number of nitrogens with one attached hydrogen (secondary N) is 1. The Morgan fingerprint density at radius 3 is 2.89 bits per heavy atom. The van der Waals surface area contributed by atoms with Crippen molar-refractivity contribution in [1.29, 1.82) is 0 Å². The van der Waals surface area contributed by atoms with Crippen LogP contribution in [0.2, 0.25) is 0 Å². The Bertz CT molecular complexity index is 412. The first-order valence-electron chi connectivity index (χ1n) is 6.62. The van der Waals surface area contributed by atoms with Gasteiger partial charge in [-0.25, -0.2) is 9.97 Å². The lowest BCUT2D eigenvalue weighted by molar-refractivity contribution is 0.0839. The molecule has 2 rings (SSSR count). The average Bonchev–Trinajstić information content (AvgIpc) is 2.70. The van der Waals surface area contributed by atoms with Gasteiger partial charge < -0.3 is 20.1 Å². The highest BCUT2D eigenvalue weighted by atomic mass is 16.5. The van der Waals surface area contributed by atoms with Gasteiger partial charge in [-0.15, -0.1) is 0 Å². The van der Waals surface area contributed by atoms with Crippen molar-refractivity contribution in [3.8, 4) is 0 Å². The lowest BCUT2D eigenvalue weighted by Gasteiger charge is -2.21. The van der Waals surface area contributed by atoms with Crippen LogP contribution in [0.3, 0.4) is 0 Å². The summed E-state index contributed by atoms with van der Waals surface area (Å²) >= 11 is 0. The van der Waals surface area contributed by atoms with E-state index in [0.29, 0.717) is 19.0 Å². The Balaban J connectivity index is 2.23. The molecule has 2 heterocycles. The minimum Gasteiger partial charge on any atom is -0.388 e. The number of nitrogens with zero attached hydrogens (tertiary/aromatic N) is 3. The molecule has 1 fully saturated rings. The van der Waals surface area contributed by atoms with Gasteiger partial charge in [0.1, 0.15) is 18.2 Å². The van der Waals surface area contributed by atoms with E-state index in [0.717, 1.165) is 31.1 Å². The molecular formula is C13H22N4O2. The summed E-state index contributed by atoms with van der Waals surface area (Å²) in [6, 6.07) is 1.92. The maximum Gasteiger partial charge on any atom is 0.158 e. The number of hydrogen-bond donors (Lipinski definition) is 2. The molecule has 1 aromatic rings. The highest BCUT2D eigenvalue weighted by molar-refractivity contribution is 5.50. The van der Waals surface area contributed by atoms with Crippen molar-refractivity contribution >= 4 is 11.6 Å². The third-order valence-electron chi connectivity index (χ3n) is 3.17. The van der Waals surface area contributed by atoms with E-state index in [2.05, 4.69) is 20.2 Å². The van der Waals surface area contributed by atoms with Crippen LogP contribution in [0.25, 0.3) is 0 Å². The average molecular weight is 266 g/mol. The summed E-state index contributed by atoms with van der Waals surface area (Å²) < 4.78 is 5.10. The molecule has 1 aromatic heterocycles. The number of aromatic nitrogens is 2. The number of β-amino-alcohol motifs (C(OH)–C–C–N with tert-alkyl or cyclic N) is 1. The van der Waals surface area contributed by atoms with Crippen LogP contribution < -0.4 is 10.2 Å². The zero-order valence-electron chi connectivity index (χ0n) is 11.8. The van der Waals surface area contributed by atoms with Crippen LogP contribution in [0.4, 0.5) is 11.6 Å². The number of anilines is 2. The number of aliphatic hydroxyl groups is 1. The minimum absolute atomic E-state index is 0.385. The molecule has 1 aliphatic heterocycles. The second-order valence-electron chi connectivity index (χ2n) is 5.16. The highest BCUT2D eigenvalue weighted by Gasteiger charge is 2.32. The molecule has 0 bridgehead atoms. The van der Waals surface area contributed by atoms with Crippen molar-refractivity contribution in [2.75, 3.05) is 37.0 Å². The fraction of sp³-hybridized carbons (Fsp3) is 0.692. The molecule has 0 spiro atoms. The Labute approximate surface area is 113 Å². The van der Waals surface area contributed by atoms with E-state index in [9.17, 15) is 5.11 Å². The highest BCUT2D eigenvalue weighted by Crippen LogP contribution is 2.26. The van der Waals surface area contributed by atoms with Crippen molar-refractivity contribution in [3.63, 3.8) is 0 Å². The van der Waals surface area contributed by atoms with Crippen molar-refractivity contribution in [1.82, 2.24) is 9.97 Å². The topological polar surface area (TPSA) is 70.5 Å². The molecule has 0 amide bonds. The first kappa shape index (κ1) is 14.0. The predicted octanol–water partition coefficient (Wildman–Crippen LogP) is 1.02. The molecule has 19 heavy (non-hydrogen) atoms. The first-order valence-corrected chi connectivity index (χ1v) is 6.62. The monoisotopic (exact) mass is 266 g/mol. The number of methoxy groups -OCH3 is 1. The summed E-state index contributed by atoms with van der Waals surface area (Å²) in [6.07, 6.45) is 0.757. The van der Waals surface area contributed by atoms with E-state index in [1.807, 2.05) is 19.9 Å². The van der Waals surface area contributed by atoms with Gasteiger partial charge in [0.25, 0.3) is 0 Å². The van der Waals surface area contributed by atoms with Crippen molar-refractivity contribution in [2.45, 2.75) is 32.5 Å². The molecule has 1 unspecified atom stereocenters. The van der Waals surface area contributed by atoms with E-state index in [1.165, 1.54) is 0 Å². The zero-order valence-corrected chi connectivity index (χ0v) is 11.8. The molecule has 0 saturated carbocycles. The van der Waals surface area contributed by atoms with Crippen LogP contribution in [0.5, 0.6) is 0 Å². The van der Waals surface area contributed by atoms with E-state index in [-0.39, 0.29) is 0 Å². The SMILES string of the molecule is CCNc1cc(N2CCC(C)(O)C2)nc(COC)n1. The van der Waals surface area contributed by atoms with Gasteiger partial charge >= 0.3 is 0 Å². The number of rotatable bonds is 5. The second kappa shape index (κ2) is 5.71. The largest absolute Gasteiger partial charge is 0.388 e. The summed E-state index contributed by atoms with van der Waals surface area (Å²) in [4.78, 5) is 11.0. The zero-order chi connectivity index (χ0) is 13.9. The lowest BCUT2D eigenvalue weighted by Crippen LogP contribution is -2.30. The fourth-order valence-corrected chi connectivity index (χ4v) is 2.25. The maximum absolute atomic E-state index is 10.0. The summed E-state index contributed by atoms with van der Waals surface area (Å²) in [5, 5.41) is 13.2. The Morgan fingerprint density at radius 2 is 2.32 bits per heavy atom. The third kappa shape index (κ3) is 3.54. The minimum atomic E-state index is -0.634. The second-order valence-corrected chi connectivity index (χ2v) is 5.16. The van der Waals surface area contributed by atoms with Crippen LogP contribution in [0.1, 0.15) is 26.1 Å². The molecule has 2 N–H and O–H groups in total. The fourth-order valence-electron chi connectivity index (χ4n) is 2.25.